The Morgan fingerprint density at radius 1 is 1.02 bits per heavy atom. The fourth-order valence-electron chi connectivity index (χ4n) is 5.81. The molecule has 7 nitrogen and oxygen atoms in total. The zero-order valence-corrected chi connectivity index (χ0v) is 24.5. The van der Waals surface area contributed by atoms with Crippen LogP contribution >= 0.6 is 0 Å². The van der Waals surface area contributed by atoms with Gasteiger partial charge in [0.15, 0.2) is 5.78 Å². The van der Waals surface area contributed by atoms with Crippen LogP contribution in [0, 0.1) is 6.92 Å². The maximum Gasteiger partial charge on any atom is 0.251 e. The molecule has 0 unspecified atom stereocenters. The van der Waals surface area contributed by atoms with Crippen molar-refractivity contribution in [1.82, 2.24) is 19.4 Å². The van der Waals surface area contributed by atoms with Crippen molar-refractivity contribution in [3.05, 3.63) is 81.5 Å². The predicted molar refractivity (Wildman–Crippen MR) is 164 cm³/mol. The maximum absolute atomic E-state index is 13.8. The maximum atomic E-state index is 13.8. The van der Waals surface area contributed by atoms with Gasteiger partial charge in [0.05, 0.1) is 0 Å². The second-order valence-electron chi connectivity index (χ2n) is 11.4. The first-order chi connectivity index (χ1) is 19.2. The van der Waals surface area contributed by atoms with Crippen LogP contribution in [-0.2, 0) is 12.8 Å². The highest BCUT2D eigenvalue weighted by atomic mass is 16.1. The molecule has 1 aromatic carbocycles. The largest absolute Gasteiger partial charge is 0.354 e. The topological polar surface area (TPSA) is 74.2 Å². The first-order valence-corrected chi connectivity index (χ1v) is 14.5. The lowest BCUT2D eigenvalue weighted by molar-refractivity contribution is 0.0984. The minimum absolute atomic E-state index is 0.0535. The molecule has 0 bridgehead atoms. The van der Waals surface area contributed by atoms with Gasteiger partial charge in [-0.3, -0.25) is 9.59 Å². The van der Waals surface area contributed by atoms with Gasteiger partial charge in [0.1, 0.15) is 5.82 Å². The molecule has 1 saturated heterocycles. The van der Waals surface area contributed by atoms with Crippen LogP contribution in [0.15, 0.2) is 53.6 Å². The van der Waals surface area contributed by atoms with Crippen LogP contribution in [0.5, 0.6) is 0 Å². The lowest BCUT2D eigenvalue weighted by Gasteiger charge is -2.33. The second kappa shape index (κ2) is 11.8. The fraction of sp³-hybridized carbons (Fsp3) is 0.424. The minimum Gasteiger partial charge on any atom is -0.354 e. The van der Waals surface area contributed by atoms with Gasteiger partial charge in [0.25, 0.3) is 5.56 Å². The fourth-order valence-corrected chi connectivity index (χ4v) is 5.81. The summed E-state index contributed by atoms with van der Waals surface area (Å²) >= 11 is 0. The summed E-state index contributed by atoms with van der Waals surface area (Å²) in [7, 11) is 2.15. The second-order valence-corrected chi connectivity index (χ2v) is 11.4. The summed E-state index contributed by atoms with van der Waals surface area (Å²) in [5.41, 5.74) is 6.28. The number of fused-ring (bicyclic) bond motifs is 1. The van der Waals surface area contributed by atoms with Crippen LogP contribution in [0.3, 0.4) is 0 Å². The number of pyridine rings is 2. The number of benzene rings is 1. The van der Waals surface area contributed by atoms with Gasteiger partial charge < -0.3 is 19.4 Å². The predicted octanol–water partition coefficient (Wildman–Crippen LogP) is 5.80. The van der Waals surface area contributed by atoms with Gasteiger partial charge in [0, 0.05) is 84.3 Å². The number of aromatic amines is 1. The number of carbonyl (C=O) groups is 1. The third-order valence-electron chi connectivity index (χ3n) is 8.09. The number of hydrogen-bond acceptors (Lipinski definition) is 5. The van der Waals surface area contributed by atoms with Gasteiger partial charge in [-0.25, -0.2) is 4.98 Å². The summed E-state index contributed by atoms with van der Waals surface area (Å²) < 4.78 is 2.21. The molecule has 1 N–H and O–H groups in total. The summed E-state index contributed by atoms with van der Waals surface area (Å²) in [5, 5.41) is 0.955. The number of hydrogen-bond donors (Lipinski definition) is 1. The van der Waals surface area contributed by atoms with Crippen molar-refractivity contribution in [2.24, 2.45) is 0 Å². The number of nitrogens with one attached hydrogen (secondary N) is 1. The van der Waals surface area contributed by atoms with E-state index in [-0.39, 0.29) is 23.8 Å². The molecule has 1 fully saturated rings. The van der Waals surface area contributed by atoms with Crippen LogP contribution in [0.1, 0.15) is 66.8 Å². The Balaban J connectivity index is 1.47. The molecule has 4 heterocycles. The van der Waals surface area contributed by atoms with E-state index in [1.165, 1.54) is 0 Å². The Kier molecular flexibility index (Phi) is 8.22. The molecule has 40 heavy (non-hydrogen) atoms. The summed E-state index contributed by atoms with van der Waals surface area (Å²) in [5.74, 6) is 1.05. The van der Waals surface area contributed by atoms with Gasteiger partial charge in [-0.1, -0.05) is 13.3 Å². The quantitative estimate of drug-likeness (QED) is 0.272. The number of Topliss-reactive ketones (excluding diaryl/α,β-unsaturated/α-hetero) is 1. The minimum atomic E-state index is -0.0763. The van der Waals surface area contributed by atoms with Crippen molar-refractivity contribution in [2.45, 2.75) is 59.4 Å². The first-order valence-electron chi connectivity index (χ1n) is 14.5. The number of anilines is 1. The molecule has 1 aliphatic rings. The highest BCUT2D eigenvalue weighted by molar-refractivity contribution is 6.09. The number of aromatic nitrogens is 3. The summed E-state index contributed by atoms with van der Waals surface area (Å²) in [6.07, 6.45) is 6.50. The molecule has 0 aliphatic carbocycles. The average molecular weight is 540 g/mol. The van der Waals surface area contributed by atoms with Gasteiger partial charge >= 0.3 is 0 Å². The van der Waals surface area contributed by atoms with Crippen molar-refractivity contribution < 1.29 is 4.79 Å². The van der Waals surface area contributed by atoms with Crippen molar-refractivity contribution in [3.63, 3.8) is 0 Å². The van der Waals surface area contributed by atoms with Crippen molar-refractivity contribution in [1.29, 1.82) is 0 Å². The lowest BCUT2D eigenvalue weighted by atomic mass is 9.94. The Hall–Kier alpha value is -3.71. The molecule has 0 radical (unpaired) electrons. The van der Waals surface area contributed by atoms with E-state index >= 15 is 0 Å². The van der Waals surface area contributed by atoms with E-state index in [2.05, 4.69) is 71.6 Å². The number of ketones is 1. The highest BCUT2D eigenvalue weighted by Crippen LogP contribution is 2.32. The zero-order chi connectivity index (χ0) is 28.4. The van der Waals surface area contributed by atoms with Gasteiger partial charge in [-0.2, -0.15) is 0 Å². The number of carbonyl (C=O) groups excluding carboxylic acids is 1. The summed E-state index contributed by atoms with van der Waals surface area (Å²) in [4.78, 5) is 39.0. The summed E-state index contributed by atoms with van der Waals surface area (Å²) in [6.45, 7) is 12.3. The molecule has 0 spiro atoms. The number of aryl methyl sites for hydroxylation is 2. The van der Waals surface area contributed by atoms with E-state index in [0.717, 1.165) is 83.7 Å². The van der Waals surface area contributed by atoms with Crippen molar-refractivity contribution >= 4 is 22.5 Å². The molecule has 0 saturated carbocycles. The number of nitrogens with zero attached hydrogens (tertiary/aromatic N) is 4. The molecule has 5 rings (SSSR count). The Morgan fingerprint density at radius 2 is 1.80 bits per heavy atom. The van der Waals surface area contributed by atoms with E-state index in [1.807, 2.05) is 31.3 Å². The van der Waals surface area contributed by atoms with Crippen LogP contribution in [0.2, 0.25) is 0 Å². The Labute approximate surface area is 236 Å². The number of piperazine rings is 1. The Morgan fingerprint density at radius 3 is 2.48 bits per heavy atom. The van der Waals surface area contributed by atoms with E-state index in [1.54, 1.807) is 0 Å². The third-order valence-corrected chi connectivity index (χ3v) is 8.09. The van der Waals surface area contributed by atoms with Gasteiger partial charge in [-0.05, 0) is 88.2 Å². The molecular weight excluding hydrogens is 498 g/mol. The number of H-pyrrole nitrogens is 1. The lowest BCUT2D eigenvalue weighted by Crippen LogP contribution is -2.44. The van der Waals surface area contributed by atoms with Crippen LogP contribution in [0.4, 0.5) is 5.82 Å². The van der Waals surface area contributed by atoms with Crippen LogP contribution in [0.25, 0.3) is 22.0 Å². The van der Waals surface area contributed by atoms with Crippen LogP contribution in [-0.4, -0.2) is 58.4 Å². The molecule has 7 heteroatoms. The molecule has 1 aliphatic heterocycles. The molecule has 4 aromatic rings. The normalized spacial score (nSPS) is 14.4. The first kappa shape index (κ1) is 27.8. The average Bonchev–Trinajstić information content (AvgIpc) is 3.37. The SMILES string of the molecule is CCCc1cc(C)[nH]c(=O)c1CCC(=O)c1cc(-c2ccc(N3CCN(C)CC3)nc2)cc2c1ccn2C(C)C. The van der Waals surface area contributed by atoms with E-state index in [9.17, 15) is 9.59 Å². The number of likely N-dealkylation sites (N-methyl/N-ethyl adjacent to an activating group) is 1. The van der Waals surface area contributed by atoms with Crippen LogP contribution < -0.4 is 10.5 Å². The smallest absolute Gasteiger partial charge is 0.251 e. The highest BCUT2D eigenvalue weighted by Gasteiger charge is 2.19. The van der Waals surface area contributed by atoms with Gasteiger partial charge in [0.2, 0.25) is 0 Å². The number of rotatable bonds is 9. The van der Waals surface area contributed by atoms with E-state index < -0.39 is 0 Å². The molecular formula is C33H41N5O2. The van der Waals surface area contributed by atoms with E-state index in [0.29, 0.717) is 12.0 Å². The van der Waals surface area contributed by atoms with Gasteiger partial charge in [-0.15, -0.1) is 0 Å². The molecule has 0 atom stereocenters. The van der Waals surface area contributed by atoms with Crippen molar-refractivity contribution in [2.75, 3.05) is 38.1 Å². The zero-order valence-electron chi connectivity index (χ0n) is 24.5. The molecule has 210 valence electrons. The monoisotopic (exact) mass is 539 g/mol. The molecule has 3 aromatic heterocycles. The standard InChI is InChI=1S/C33H41N5O2/c1-6-7-24-18-23(4)35-33(40)27(24)9-10-31(39)29-19-26(20-30-28(29)12-13-38(30)22(2)3)25-8-11-32(34-21-25)37-16-14-36(5)15-17-37/h8,11-13,18-22H,6-7,9-10,14-17H2,1-5H3,(H,35,40). The Bertz CT molecular complexity index is 1560. The summed E-state index contributed by atoms with van der Waals surface area (Å²) in [6, 6.07) is 12.7. The van der Waals surface area contributed by atoms with E-state index in [4.69, 9.17) is 4.98 Å². The third kappa shape index (κ3) is 5.75. The molecule has 0 amide bonds. The van der Waals surface area contributed by atoms with Crippen molar-refractivity contribution in [3.8, 4) is 11.1 Å².